The number of hydrogen-bond acceptors (Lipinski definition) is 12. The molecule has 2 heterocycles. The molecule has 12 heteroatoms. The van der Waals surface area contributed by atoms with Crippen LogP contribution in [0.3, 0.4) is 0 Å². The molecule has 34 heavy (non-hydrogen) atoms. The van der Waals surface area contributed by atoms with E-state index in [4.69, 9.17) is 18.9 Å². The number of rotatable bonds is 7. The van der Waals surface area contributed by atoms with Crippen molar-refractivity contribution in [1.29, 1.82) is 0 Å². The fourth-order valence-electron chi connectivity index (χ4n) is 4.50. The van der Waals surface area contributed by atoms with Gasteiger partial charge < -0.3 is 54.7 Å². The molecular weight excluding hydrogens is 456 g/mol. The molecule has 0 spiro atoms. The molecular formula is C22H36O12. The summed E-state index contributed by atoms with van der Waals surface area (Å²) in [6.45, 7) is 4.57. The van der Waals surface area contributed by atoms with Crippen molar-refractivity contribution in [2.45, 2.75) is 95.0 Å². The first-order chi connectivity index (χ1) is 15.9. The lowest BCUT2D eigenvalue weighted by atomic mass is 9.72. The Labute approximate surface area is 197 Å². The highest BCUT2D eigenvalue weighted by Crippen LogP contribution is 2.39. The molecule has 10 unspecified atom stereocenters. The van der Waals surface area contributed by atoms with Gasteiger partial charge in [-0.3, -0.25) is 4.79 Å². The third-order valence-electron chi connectivity index (χ3n) is 7.00. The van der Waals surface area contributed by atoms with Crippen molar-refractivity contribution in [3.8, 4) is 0 Å². The molecule has 1 aliphatic carbocycles. The van der Waals surface area contributed by atoms with Crippen molar-refractivity contribution in [2.24, 2.45) is 5.41 Å². The highest BCUT2D eigenvalue weighted by molar-refractivity contribution is 5.96. The first kappa shape index (κ1) is 27.6. The van der Waals surface area contributed by atoms with Crippen molar-refractivity contribution in [2.75, 3.05) is 19.8 Å². The Hall–Kier alpha value is -1.03. The highest BCUT2D eigenvalue weighted by atomic mass is 16.7. The van der Waals surface area contributed by atoms with Crippen molar-refractivity contribution >= 4 is 5.78 Å². The Kier molecular flexibility index (Phi) is 8.86. The van der Waals surface area contributed by atoms with Crippen LogP contribution in [0.25, 0.3) is 0 Å². The van der Waals surface area contributed by atoms with Crippen LogP contribution in [0, 0.1) is 5.41 Å². The summed E-state index contributed by atoms with van der Waals surface area (Å²) in [7, 11) is 0. The standard InChI is InChI=1S/C22H36O12/c1-9-10(22(2,3)5-4-11(9)24)7-31-20-19(30)17(28)15(26)13(34-20)8-32-21-18(29)16(27)14(25)12(6-23)33-21/h12-21,23,25-30H,4-8H2,1-3H3. The van der Waals surface area contributed by atoms with Crippen LogP contribution in [0.15, 0.2) is 11.1 Å². The Morgan fingerprint density at radius 2 is 1.38 bits per heavy atom. The number of ketones is 1. The van der Waals surface area contributed by atoms with Gasteiger partial charge in [-0.05, 0) is 29.9 Å². The summed E-state index contributed by atoms with van der Waals surface area (Å²) >= 11 is 0. The van der Waals surface area contributed by atoms with Crippen LogP contribution in [0.2, 0.25) is 0 Å². The normalized spacial score (nSPS) is 43.3. The van der Waals surface area contributed by atoms with E-state index in [-0.39, 0.29) is 17.8 Å². The van der Waals surface area contributed by atoms with Gasteiger partial charge in [-0.15, -0.1) is 0 Å². The predicted octanol–water partition coefficient (Wildman–Crippen LogP) is -2.67. The molecule has 3 aliphatic rings. The third kappa shape index (κ3) is 5.52. The molecule has 0 bridgehead atoms. The summed E-state index contributed by atoms with van der Waals surface area (Å²) in [4.78, 5) is 12.1. The summed E-state index contributed by atoms with van der Waals surface area (Å²) in [5, 5.41) is 70.1. The fraction of sp³-hybridized carbons (Fsp3) is 0.864. The number of aliphatic hydroxyl groups excluding tert-OH is 7. The van der Waals surface area contributed by atoms with E-state index >= 15 is 0 Å². The summed E-state index contributed by atoms with van der Waals surface area (Å²) in [5.41, 5.74) is 1.04. The molecule has 3 rings (SSSR count). The summed E-state index contributed by atoms with van der Waals surface area (Å²) in [6.07, 6.45) is -13.8. The molecule has 0 aromatic carbocycles. The van der Waals surface area contributed by atoms with E-state index in [2.05, 4.69) is 0 Å². The van der Waals surface area contributed by atoms with Gasteiger partial charge >= 0.3 is 0 Å². The molecule has 2 fully saturated rings. The van der Waals surface area contributed by atoms with E-state index in [1.54, 1.807) is 6.92 Å². The van der Waals surface area contributed by atoms with Gasteiger partial charge in [0.25, 0.3) is 0 Å². The van der Waals surface area contributed by atoms with E-state index in [1.165, 1.54) is 0 Å². The van der Waals surface area contributed by atoms with Gasteiger partial charge in [0.1, 0.15) is 48.8 Å². The molecule has 0 aromatic heterocycles. The number of carbonyl (C=O) groups excluding carboxylic acids is 1. The Morgan fingerprint density at radius 1 is 0.853 bits per heavy atom. The van der Waals surface area contributed by atoms with Gasteiger partial charge in [-0.2, -0.15) is 0 Å². The van der Waals surface area contributed by atoms with Gasteiger partial charge in [-0.25, -0.2) is 0 Å². The Bertz CT molecular complexity index is 752. The molecule has 0 radical (unpaired) electrons. The SMILES string of the molecule is CC1=C(COC2OC(COC3OC(CO)C(O)C(O)C3O)C(O)C(O)C2O)C(C)(C)CCC1=O. The summed E-state index contributed by atoms with van der Waals surface area (Å²) in [5.74, 6) is 0.0179. The van der Waals surface area contributed by atoms with Gasteiger partial charge in [-0.1, -0.05) is 13.8 Å². The zero-order valence-electron chi connectivity index (χ0n) is 19.5. The lowest BCUT2D eigenvalue weighted by molar-refractivity contribution is -0.330. The molecule has 0 saturated carbocycles. The van der Waals surface area contributed by atoms with E-state index < -0.39 is 74.6 Å². The first-order valence-corrected chi connectivity index (χ1v) is 11.4. The minimum atomic E-state index is -1.65. The lowest BCUT2D eigenvalue weighted by Crippen LogP contribution is -2.61. The number of Topliss-reactive ketones (excluding diaryl/α,β-unsaturated/α-hetero) is 1. The van der Waals surface area contributed by atoms with E-state index in [9.17, 15) is 40.5 Å². The van der Waals surface area contributed by atoms with Gasteiger partial charge in [0, 0.05) is 6.42 Å². The molecule has 2 saturated heterocycles. The maximum atomic E-state index is 12.1. The Morgan fingerprint density at radius 3 is 1.97 bits per heavy atom. The molecule has 196 valence electrons. The van der Waals surface area contributed by atoms with Gasteiger partial charge in [0.2, 0.25) is 0 Å². The summed E-state index contributed by atoms with van der Waals surface area (Å²) in [6, 6.07) is 0. The third-order valence-corrected chi connectivity index (χ3v) is 7.00. The number of carbonyl (C=O) groups is 1. The predicted molar refractivity (Wildman–Crippen MR) is 113 cm³/mol. The van der Waals surface area contributed by atoms with Crippen LogP contribution < -0.4 is 0 Å². The van der Waals surface area contributed by atoms with E-state index in [0.717, 1.165) is 5.57 Å². The smallest absolute Gasteiger partial charge is 0.187 e. The van der Waals surface area contributed by atoms with Gasteiger partial charge in [0.05, 0.1) is 19.8 Å². The largest absolute Gasteiger partial charge is 0.394 e. The fourth-order valence-corrected chi connectivity index (χ4v) is 4.50. The van der Waals surface area contributed by atoms with Crippen LogP contribution >= 0.6 is 0 Å². The Balaban J connectivity index is 1.65. The average Bonchev–Trinajstić information content (AvgIpc) is 2.80. The van der Waals surface area contributed by atoms with Crippen LogP contribution in [-0.4, -0.2) is 123 Å². The molecule has 0 aromatic rings. The zero-order chi connectivity index (χ0) is 25.4. The first-order valence-electron chi connectivity index (χ1n) is 11.4. The number of aliphatic hydroxyl groups is 7. The molecule has 7 N–H and O–H groups in total. The van der Waals surface area contributed by atoms with Crippen LogP contribution in [0.4, 0.5) is 0 Å². The number of allylic oxidation sites excluding steroid dienone is 1. The highest BCUT2D eigenvalue weighted by Gasteiger charge is 2.47. The maximum Gasteiger partial charge on any atom is 0.187 e. The van der Waals surface area contributed by atoms with E-state index in [1.807, 2.05) is 13.8 Å². The van der Waals surface area contributed by atoms with E-state index in [0.29, 0.717) is 18.4 Å². The van der Waals surface area contributed by atoms with Gasteiger partial charge in [0.15, 0.2) is 18.4 Å². The topological polar surface area (TPSA) is 196 Å². The molecule has 12 nitrogen and oxygen atoms in total. The molecule has 0 amide bonds. The van der Waals surface area contributed by atoms with Crippen LogP contribution in [-0.2, 0) is 23.7 Å². The minimum Gasteiger partial charge on any atom is -0.394 e. The quantitative estimate of drug-likeness (QED) is 0.195. The van der Waals surface area contributed by atoms with Crippen molar-refractivity contribution in [3.05, 3.63) is 11.1 Å². The monoisotopic (exact) mass is 492 g/mol. The minimum absolute atomic E-state index is 0.0179. The second-order valence-corrected chi connectivity index (χ2v) is 9.77. The number of ether oxygens (including phenoxy) is 4. The molecule has 10 atom stereocenters. The zero-order valence-corrected chi connectivity index (χ0v) is 19.5. The second-order valence-electron chi connectivity index (χ2n) is 9.77. The van der Waals surface area contributed by atoms with Crippen LogP contribution in [0.1, 0.15) is 33.6 Å². The summed E-state index contributed by atoms with van der Waals surface area (Å²) < 4.78 is 22.0. The van der Waals surface area contributed by atoms with Crippen molar-refractivity contribution in [3.63, 3.8) is 0 Å². The number of hydrogen-bond donors (Lipinski definition) is 7. The van der Waals surface area contributed by atoms with Crippen molar-refractivity contribution in [1.82, 2.24) is 0 Å². The second kappa shape index (κ2) is 10.9. The average molecular weight is 493 g/mol. The van der Waals surface area contributed by atoms with Crippen molar-refractivity contribution < 1.29 is 59.5 Å². The lowest BCUT2D eigenvalue weighted by Gasteiger charge is -2.43. The molecule has 2 aliphatic heterocycles. The van der Waals surface area contributed by atoms with Crippen LogP contribution in [0.5, 0.6) is 0 Å². The maximum absolute atomic E-state index is 12.1.